The standard InChI is InChI=1S/C10H14N6O3/c11-9-6(16(18)19)1-2-8(14-9)15-4-3-13-5-7(15)10(12)17/h1-2,7,13H,3-5H2,(H2,11,14)(H2,12,17). The lowest BCUT2D eigenvalue weighted by atomic mass is 10.2. The molecule has 0 saturated carbocycles. The van der Waals surface area contributed by atoms with Gasteiger partial charge >= 0.3 is 5.69 Å². The average molecular weight is 266 g/mol. The van der Waals surface area contributed by atoms with Crippen molar-refractivity contribution in [2.45, 2.75) is 6.04 Å². The van der Waals surface area contributed by atoms with E-state index in [4.69, 9.17) is 11.5 Å². The number of rotatable bonds is 3. The Hall–Kier alpha value is -2.42. The molecule has 0 spiro atoms. The lowest BCUT2D eigenvalue weighted by Crippen LogP contribution is -2.57. The van der Waals surface area contributed by atoms with E-state index in [9.17, 15) is 14.9 Å². The molecule has 1 aromatic heterocycles. The molecular formula is C10H14N6O3. The monoisotopic (exact) mass is 266 g/mol. The number of nitro groups is 1. The molecule has 1 fully saturated rings. The summed E-state index contributed by atoms with van der Waals surface area (Å²) in [6.07, 6.45) is 0. The zero-order chi connectivity index (χ0) is 14.0. The first-order chi connectivity index (χ1) is 9.00. The molecule has 2 heterocycles. The summed E-state index contributed by atoms with van der Waals surface area (Å²) < 4.78 is 0. The van der Waals surface area contributed by atoms with Crippen LogP contribution in [0.1, 0.15) is 0 Å². The Morgan fingerprint density at radius 1 is 1.58 bits per heavy atom. The highest BCUT2D eigenvalue weighted by Crippen LogP contribution is 2.24. The Balaban J connectivity index is 2.32. The maximum Gasteiger partial charge on any atom is 0.311 e. The fraction of sp³-hybridized carbons (Fsp3) is 0.400. The van der Waals surface area contributed by atoms with E-state index < -0.39 is 16.9 Å². The van der Waals surface area contributed by atoms with Crippen LogP contribution in [0.15, 0.2) is 12.1 Å². The van der Waals surface area contributed by atoms with E-state index in [2.05, 4.69) is 10.3 Å². The predicted molar refractivity (Wildman–Crippen MR) is 68.5 cm³/mol. The quantitative estimate of drug-likeness (QED) is 0.462. The summed E-state index contributed by atoms with van der Waals surface area (Å²) in [7, 11) is 0. The van der Waals surface area contributed by atoms with Gasteiger partial charge in [0.1, 0.15) is 11.9 Å². The van der Waals surface area contributed by atoms with Gasteiger partial charge in [0.15, 0.2) is 0 Å². The van der Waals surface area contributed by atoms with Crippen LogP contribution in [0.25, 0.3) is 0 Å². The molecule has 9 heteroatoms. The molecule has 2 rings (SSSR count). The maximum atomic E-state index is 11.4. The minimum atomic E-state index is -0.602. The summed E-state index contributed by atoms with van der Waals surface area (Å²) in [6, 6.07) is 2.20. The molecule has 1 aliphatic rings. The number of nitrogen functional groups attached to an aromatic ring is 1. The number of anilines is 2. The van der Waals surface area contributed by atoms with Gasteiger partial charge in [0.2, 0.25) is 11.7 Å². The van der Waals surface area contributed by atoms with Crippen molar-refractivity contribution in [3.63, 3.8) is 0 Å². The van der Waals surface area contributed by atoms with Crippen molar-refractivity contribution in [3.8, 4) is 0 Å². The minimum absolute atomic E-state index is 0.177. The second-order valence-electron chi connectivity index (χ2n) is 4.15. The van der Waals surface area contributed by atoms with E-state index in [0.29, 0.717) is 25.5 Å². The lowest BCUT2D eigenvalue weighted by molar-refractivity contribution is -0.384. The first-order valence-electron chi connectivity index (χ1n) is 5.68. The zero-order valence-electron chi connectivity index (χ0n) is 10.1. The van der Waals surface area contributed by atoms with E-state index in [0.717, 1.165) is 0 Å². The average Bonchev–Trinajstić information content (AvgIpc) is 2.38. The molecule has 9 nitrogen and oxygen atoms in total. The zero-order valence-corrected chi connectivity index (χ0v) is 10.1. The van der Waals surface area contributed by atoms with Crippen LogP contribution in [0.4, 0.5) is 17.3 Å². The van der Waals surface area contributed by atoms with E-state index in [1.165, 1.54) is 12.1 Å². The molecule has 1 amide bonds. The molecule has 0 radical (unpaired) electrons. The Kier molecular flexibility index (Phi) is 3.47. The van der Waals surface area contributed by atoms with Gasteiger partial charge in [-0.3, -0.25) is 14.9 Å². The molecule has 5 N–H and O–H groups in total. The molecule has 0 bridgehead atoms. The van der Waals surface area contributed by atoms with Gasteiger partial charge < -0.3 is 21.7 Å². The summed E-state index contributed by atoms with van der Waals surface area (Å²) in [4.78, 5) is 27.1. The van der Waals surface area contributed by atoms with E-state index in [1.807, 2.05) is 0 Å². The van der Waals surface area contributed by atoms with Gasteiger partial charge in [0.25, 0.3) is 0 Å². The minimum Gasteiger partial charge on any atom is -0.378 e. The smallest absolute Gasteiger partial charge is 0.311 e. The molecule has 0 aliphatic carbocycles. The second-order valence-corrected chi connectivity index (χ2v) is 4.15. The molecule has 1 aliphatic heterocycles. The van der Waals surface area contributed by atoms with Crippen molar-refractivity contribution in [3.05, 3.63) is 22.2 Å². The third kappa shape index (κ3) is 2.55. The van der Waals surface area contributed by atoms with Crippen LogP contribution in [0.3, 0.4) is 0 Å². The molecule has 102 valence electrons. The van der Waals surface area contributed by atoms with Crippen LogP contribution in [0, 0.1) is 10.1 Å². The maximum absolute atomic E-state index is 11.4. The first-order valence-corrected chi connectivity index (χ1v) is 5.68. The van der Waals surface area contributed by atoms with Crippen molar-refractivity contribution >= 4 is 23.2 Å². The van der Waals surface area contributed by atoms with Crippen molar-refractivity contribution in [2.75, 3.05) is 30.3 Å². The van der Waals surface area contributed by atoms with E-state index in [-0.39, 0.29) is 11.5 Å². The topological polar surface area (TPSA) is 140 Å². The fourth-order valence-electron chi connectivity index (χ4n) is 2.00. The number of carbonyl (C=O) groups is 1. The van der Waals surface area contributed by atoms with E-state index in [1.54, 1.807) is 4.90 Å². The number of carbonyl (C=O) groups excluding carboxylic acids is 1. The molecule has 1 saturated heterocycles. The fourth-order valence-corrected chi connectivity index (χ4v) is 2.00. The van der Waals surface area contributed by atoms with Crippen molar-refractivity contribution in [1.29, 1.82) is 0 Å². The number of pyridine rings is 1. The highest BCUT2D eigenvalue weighted by Gasteiger charge is 2.28. The van der Waals surface area contributed by atoms with Crippen LogP contribution >= 0.6 is 0 Å². The van der Waals surface area contributed by atoms with E-state index >= 15 is 0 Å². The summed E-state index contributed by atoms with van der Waals surface area (Å²) in [6.45, 7) is 1.61. The van der Waals surface area contributed by atoms with Gasteiger partial charge in [-0.25, -0.2) is 4.98 Å². The molecular weight excluding hydrogens is 252 g/mol. The van der Waals surface area contributed by atoms with Gasteiger partial charge in [0, 0.05) is 25.7 Å². The van der Waals surface area contributed by atoms with Crippen LogP contribution < -0.4 is 21.7 Å². The normalized spacial score (nSPS) is 19.2. The van der Waals surface area contributed by atoms with Gasteiger partial charge in [-0.1, -0.05) is 0 Å². The third-order valence-electron chi connectivity index (χ3n) is 2.95. The molecule has 1 aromatic rings. The number of primary amides is 1. The van der Waals surface area contributed by atoms with Crippen LogP contribution in [0.2, 0.25) is 0 Å². The molecule has 0 aromatic carbocycles. The van der Waals surface area contributed by atoms with Crippen molar-refractivity contribution < 1.29 is 9.72 Å². The lowest BCUT2D eigenvalue weighted by Gasteiger charge is -2.35. The number of nitrogens with two attached hydrogens (primary N) is 2. The van der Waals surface area contributed by atoms with Crippen LogP contribution in [-0.2, 0) is 4.79 Å². The Morgan fingerprint density at radius 2 is 2.32 bits per heavy atom. The summed E-state index contributed by atoms with van der Waals surface area (Å²) in [5.41, 5.74) is 10.6. The second kappa shape index (κ2) is 5.06. The Bertz CT molecular complexity index is 520. The first kappa shape index (κ1) is 13.0. The molecule has 1 unspecified atom stereocenters. The largest absolute Gasteiger partial charge is 0.378 e. The van der Waals surface area contributed by atoms with Gasteiger partial charge in [-0.15, -0.1) is 0 Å². The molecule has 1 atom stereocenters. The highest BCUT2D eigenvalue weighted by molar-refractivity contribution is 5.84. The Morgan fingerprint density at radius 3 is 2.89 bits per heavy atom. The number of hydrogen-bond donors (Lipinski definition) is 3. The number of piperazine rings is 1. The number of hydrogen-bond acceptors (Lipinski definition) is 7. The summed E-state index contributed by atoms with van der Waals surface area (Å²) in [5, 5.41) is 13.7. The van der Waals surface area contributed by atoms with Gasteiger partial charge in [-0.2, -0.15) is 0 Å². The third-order valence-corrected chi connectivity index (χ3v) is 2.95. The molecule has 19 heavy (non-hydrogen) atoms. The van der Waals surface area contributed by atoms with Crippen LogP contribution in [-0.4, -0.2) is 41.5 Å². The number of aromatic nitrogens is 1. The van der Waals surface area contributed by atoms with Gasteiger partial charge in [-0.05, 0) is 6.07 Å². The number of amides is 1. The predicted octanol–water partition coefficient (Wildman–Crippen LogP) is -1.16. The van der Waals surface area contributed by atoms with Crippen LogP contribution in [0.5, 0.6) is 0 Å². The summed E-state index contributed by atoms with van der Waals surface area (Å²) >= 11 is 0. The summed E-state index contributed by atoms with van der Waals surface area (Å²) in [5.74, 6) is -0.247. The number of nitrogens with zero attached hydrogens (tertiary/aromatic N) is 3. The number of nitrogens with one attached hydrogen (secondary N) is 1. The van der Waals surface area contributed by atoms with Gasteiger partial charge in [0.05, 0.1) is 4.92 Å². The SMILES string of the molecule is NC(=O)C1CNCCN1c1ccc([N+](=O)[O-])c(N)n1. The van der Waals surface area contributed by atoms with Crippen molar-refractivity contribution in [1.82, 2.24) is 10.3 Å². The highest BCUT2D eigenvalue weighted by atomic mass is 16.6. The van der Waals surface area contributed by atoms with Crippen molar-refractivity contribution in [2.24, 2.45) is 5.73 Å². The Labute approximate surface area is 108 Å².